The highest BCUT2D eigenvalue weighted by atomic mass is 35.5. The Morgan fingerprint density at radius 2 is 1.67 bits per heavy atom. The van der Waals surface area contributed by atoms with E-state index in [0.717, 1.165) is 30.2 Å². The van der Waals surface area contributed by atoms with Crippen molar-refractivity contribution in [2.24, 2.45) is 0 Å². The number of aryl methyl sites for hydroxylation is 1. The van der Waals surface area contributed by atoms with Gasteiger partial charge in [0, 0.05) is 41.8 Å². The largest absolute Gasteiger partial charge is 0.347 e. The van der Waals surface area contributed by atoms with E-state index in [1.807, 2.05) is 18.2 Å². The molecule has 3 rings (SSSR count). The van der Waals surface area contributed by atoms with Crippen molar-refractivity contribution in [1.29, 1.82) is 0 Å². The van der Waals surface area contributed by atoms with E-state index in [-0.39, 0.29) is 0 Å². The van der Waals surface area contributed by atoms with Gasteiger partial charge in [0.15, 0.2) is 0 Å². The summed E-state index contributed by atoms with van der Waals surface area (Å²) in [4.78, 5) is 0. The fourth-order valence-electron chi connectivity index (χ4n) is 2.70. The number of aromatic nitrogens is 1. The molecule has 3 heteroatoms. The Bertz CT molecular complexity index is 746. The van der Waals surface area contributed by atoms with Gasteiger partial charge in [-0.1, -0.05) is 48.0 Å². The molecular formula is C18H19ClN2. The third-order valence-electron chi connectivity index (χ3n) is 3.80. The van der Waals surface area contributed by atoms with E-state index in [2.05, 4.69) is 53.3 Å². The van der Waals surface area contributed by atoms with E-state index in [0.29, 0.717) is 0 Å². The third kappa shape index (κ3) is 2.97. The summed E-state index contributed by atoms with van der Waals surface area (Å²) in [6.45, 7) is 4.79. The lowest BCUT2D eigenvalue weighted by atomic mass is 10.1. The van der Waals surface area contributed by atoms with Crippen molar-refractivity contribution in [3.63, 3.8) is 0 Å². The van der Waals surface area contributed by atoms with Crippen molar-refractivity contribution in [2.75, 3.05) is 0 Å². The molecule has 2 aromatic carbocycles. The van der Waals surface area contributed by atoms with Gasteiger partial charge in [-0.3, -0.25) is 0 Å². The summed E-state index contributed by atoms with van der Waals surface area (Å²) in [5.41, 5.74) is 3.77. The first-order valence-electron chi connectivity index (χ1n) is 7.30. The van der Waals surface area contributed by atoms with Gasteiger partial charge in [-0.05, 0) is 30.2 Å². The van der Waals surface area contributed by atoms with E-state index < -0.39 is 0 Å². The second-order valence-corrected chi connectivity index (χ2v) is 5.56. The molecule has 3 aromatic rings. The second kappa shape index (κ2) is 6.33. The molecule has 0 aliphatic carbocycles. The molecule has 0 saturated carbocycles. The van der Waals surface area contributed by atoms with Gasteiger partial charge < -0.3 is 9.88 Å². The lowest BCUT2D eigenvalue weighted by Gasteiger charge is -2.06. The standard InChI is InChI=1S/C18H19ClN2/c1-2-21-13-15(16-8-4-6-10-18(16)21)12-20-11-14-7-3-5-9-17(14)19/h3-10,13,20H,2,11-12H2,1H3. The minimum absolute atomic E-state index is 0.783. The van der Waals surface area contributed by atoms with E-state index in [9.17, 15) is 0 Å². The summed E-state index contributed by atoms with van der Waals surface area (Å²) in [6.07, 6.45) is 2.24. The van der Waals surface area contributed by atoms with Gasteiger partial charge in [0.2, 0.25) is 0 Å². The number of halogens is 1. The minimum Gasteiger partial charge on any atom is -0.347 e. The Hall–Kier alpha value is -1.77. The summed E-state index contributed by atoms with van der Waals surface area (Å²) < 4.78 is 2.29. The predicted octanol–water partition coefficient (Wildman–Crippen LogP) is 4.60. The first-order chi connectivity index (χ1) is 10.3. The molecular weight excluding hydrogens is 280 g/mol. The molecule has 0 saturated heterocycles. The van der Waals surface area contributed by atoms with Crippen LogP contribution in [0, 0.1) is 0 Å². The van der Waals surface area contributed by atoms with Crippen LogP contribution in [0.25, 0.3) is 10.9 Å². The summed E-state index contributed by atoms with van der Waals surface area (Å²) in [7, 11) is 0. The van der Waals surface area contributed by atoms with Crippen LogP contribution in [0.5, 0.6) is 0 Å². The monoisotopic (exact) mass is 298 g/mol. The summed E-state index contributed by atoms with van der Waals surface area (Å²) in [6, 6.07) is 16.5. The van der Waals surface area contributed by atoms with E-state index in [1.165, 1.54) is 16.5 Å². The summed E-state index contributed by atoms with van der Waals surface area (Å²) >= 11 is 6.18. The Labute approximate surface area is 130 Å². The van der Waals surface area contributed by atoms with Crippen molar-refractivity contribution < 1.29 is 0 Å². The normalized spacial score (nSPS) is 11.1. The molecule has 0 fully saturated rings. The SMILES string of the molecule is CCn1cc(CNCc2ccccc2Cl)c2ccccc21. The number of para-hydroxylation sites is 1. The minimum atomic E-state index is 0.783. The van der Waals surface area contributed by atoms with Gasteiger partial charge in [0.25, 0.3) is 0 Å². The second-order valence-electron chi connectivity index (χ2n) is 5.15. The molecule has 0 amide bonds. The van der Waals surface area contributed by atoms with Crippen LogP contribution in [0.2, 0.25) is 5.02 Å². The summed E-state index contributed by atoms with van der Waals surface area (Å²) in [5, 5.41) is 5.64. The van der Waals surface area contributed by atoms with Gasteiger partial charge >= 0.3 is 0 Å². The molecule has 1 heterocycles. The molecule has 108 valence electrons. The van der Waals surface area contributed by atoms with Crippen LogP contribution >= 0.6 is 11.6 Å². The molecule has 0 aliphatic heterocycles. The zero-order valence-electron chi connectivity index (χ0n) is 12.1. The Morgan fingerprint density at radius 3 is 2.48 bits per heavy atom. The maximum Gasteiger partial charge on any atom is 0.0483 e. The number of nitrogens with one attached hydrogen (secondary N) is 1. The Kier molecular flexibility index (Phi) is 4.28. The van der Waals surface area contributed by atoms with Gasteiger partial charge in [-0.2, -0.15) is 0 Å². The van der Waals surface area contributed by atoms with Crippen LogP contribution in [-0.4, -0.2) is 4.57 Å². The number of rotatable bonds is 5. The van der Waals surface area contributed by atoms with E-state index in [4.69, 9.17) is 11.6 Å². The molecule has 0 aliphatic rings. The molecule has 21 heavy (non-hydrogen) atoms. The first kappa shape index (κ1) is 14.2. The molecule has 1 N–H and O–H groups in total. The van der Waals surface area contributed by atoms with E-state index >= 15 is 0 Å². The average Bonchev–Trinajstić information content (AvgIpc) is 2.88. The van der Waals surface area contributed by atoms with Crippen molar-refractivity contribution in [1.82, 2.24) is 9.88 Å². The molecule has 0 bridgehead atoms. The van der Waals surface area contributed by atoms with Crippen LogP contribution in [-0.2, 0) is 19.6 Å². The average molecular weight is 299 g/mol. The number of hydrogen-bond donors (Lipinski definition) is 1. The van der Waals surface area contributed by atoms with Crippen molar-refractivity contribution in [3.05, 3.63) is 70.9 Å². The maximum absolute atomic E-state index is 6.18. The highest BCUT2D eigenvalue weighted by molar-refractivity contribution is 6.31. The molecule has 0 spiro atoms. The lowest BCUT2D eigenvalue weighted by molar-refractivity contribution is 0.691. The van der Waals surface area contributed by atoms with Crippen molar-refractivity contribution in [2.45, 2.75) is 26.6 Å². The maximum atomic E-state index is 6.18. The van der Waals surface area contributed by atoms with Gasteiger partial charge in [-0.25, -0.2) is 0 Å². The topological polar surface area (TPSA) is 17.0 Å². The zero-order valence-corrected chi connectivity index (χ0v) is 12.9. The van der Waals surface area contributed by atoms with Crippen LogP contribution in [0.3, 0.4) is 0 Å². The smallest absolute Gasteiger partial charge is 0.0483 e. The quantitative estimate of drug-likeness (QED) is 0.728. The van der Waals surface area contributed by atoms with Gasteiger partial charge in [0.05, 0.1) is 0 Å². The fraction of sp³-hybridized carbons (Fsp3) is 0.222. The number of fused-ring (bicyclic) bond motifs is 1. The van der Waals surface area contributed by atoms with Crippen LogP contribution in [0.1, 0.15) is 18.1 Å². The number of benzene rings is 2. The fourth-order valence-corrected chi connectivity index (χ4v) is 2.90. The lowest BCUT2D eigenvalue weighted by Crippen LogP contribution is -2.12. The predicted molar refractivity (Wildman–Crippen MR) is 89.6 cm³/mol. The molecule has 2 nitrogen and oxygen atoms in total. The Morgan fingerprint density at radius 1 is 0.952 bits per heavy atom. The summed E-state index contributed by atoms with van der Waals surface area (Å²) in [5.74, 6) is 0. The third-order valence-corrected chi connectivity index (χ3v) is 4.17. The molecule has 0 radical (unpaired) electrons. The number of nitrogens with zero attached hydrogens (tertiary/aromatic N) is 1. The van der Waals surface area contributed by atoms with Gasteiger partial charge in [0.1, 0.15) is 0 Å². The highest BCUT2D eigenvalue weighted by Gasteiger charge is 2.07. The zero-order chi connectivity index (χ0) is 14.7. The van der Waals surface area contributed by atoms with Crippen molar-refractivity contribution in [3.8, 4) is 0 Å². The number of hydrogen-bond acceptors (Lipinski definition) is 1. The Balaban J connectivity index is 1.75. The van der Waals surface area contributed by atoms with Crippen LogP contribution < -0.4 is 5.32 Å². The highest BCUT2D eigenvalue weighted by Crippen LogP contribution is 2.21. The van der Waals surface area contributed by atoms with Crippen LogP contribution in [0.15, 0.2) is 54.7 Å². The molecule has 0 atom stereocenters. The van der Waals surface area contributed by atoms with Gasteiger partial charge in [-0.15, -0.1) is 0 Å². The molecule has 1 aromatic heterocycles. The molecule has 0 unspecified atom stereocenters. The van der Waals surface area contributed by atoms with Crippen LogP contribution in [0.4, 0.5) is 0 Å². The van der Waals surface area contributed by atoms with Crippen molar-refractivity contribution >= 4 is 22.5 Å². The van der Waals surface area contributed by atoms with E-state index in [1.54, 1.807) is 0 Å². The first-order valence-corrected chi connectivity index (χ1v) is 7.68.